The van der Waals surface area contributed by atoms with Gasteiger partial charge in [-0.2, -0.15) is 11.1 Å². The molecule has 0 aromatic heterocycles. The second-order valence-electron chi connectivity index (χ2n) is 4.58. The Morgan fingerprint density at radius 1 is 0.667 bits per heavy atom. The molecule has 0 aliphatic rings. The lowest BCUT2D eigenvalue weighted by molar-refractivity contribution is 0.554. The van der Waals surface area contributed by atoms with E-state index < -0.39 is 0 Å². The molecular weight excluding hydrogens is 220 g/mol. The van der Waals surface area contributed by atoms with Crippen LogP contribution in [0.3, 0.4) is 0 Å². The van der Waals surface area contributed by atoms with Gasteiger partial charge in [0.1, 0.15) is 8.83 Å². The molecule has 0 rings (SSSR count). The van der Waals surface area contributed by atoms with Crippen LogP contribution >= 0.6 is 11.1 Å². The van der Waals surface area contributed by atoms with Crippen LogP contribution in [0.4, 0.5) is 0 Å². The van der Waals surface area contributed by atoms with Crippen LogP contribution in [0, 0.1) is 0 Å². The fourth-order valence-corrected chi connectivity index (χ4v) is 3.04. The molecule has 0 saturated heterocycles. The SMILES string of the molecule is CCCCCCCCCCCCC[SiH2]Cl. The summed E-state index contributed by atoms with van der Waals surface area (Å²) in [7, 11) is -0.170. The lowest BCUT2D eigenvalue weighted by Gasteiger charge is -2.01. The largest absolute Gasteiger partial charge is 0.176 e. The highest BCUT2D eigenvalue weighted by atomic mass is 35.6. The topological polar surface area (TPSA) is 0 Å². The predicted octanol–water partition coefficient (Wildman–Crippen LogP) is 5.04. The summed E-state index contributed by atoms with van der Waals surface area (Å²) in [6, 6.07) is 1.35. The average molecular weight is 249 g/mol. The first kappa shape index (κ1) is 15.5. The van der Waals surface area contributed by atoms with Gasteiger partial charge in [-0.05, 0) is 6.04 Å². The number of hydrogen-bond donors (Lipinski definition) is 0. The summed E-state index contributed by atoms with van der Waals surface area (Å²) in [5.41, 5.74) is 0. The van der Waals surface area contributed by atoms with Crippen LogP contribution in [0.2, 0.25) is 6.04 Å². The zero-order valence-corrected chi connectivity index (χ0v) is 12.7. The summed E-state index contributed by atoms with van der Waals surface area (Å²) in [4.78, 5) is 0. The second kappa shape index (κ2) is 14.5. The van der Waals surface area contributed by atoms with Crippen molar-refractivity contribution < 1.29 is 0 Å². The monoisotopic (exact) mass is 248 g/mol. The fourth-order valence-electron chi connectivity index (χ4n) is 1.94. The first-order chi connectivity index (χ1) is 7.41. The van der Waals surface area contributed by atoms with Gasteiger partial charge in [-0.25, -0.2) is 0 Å². The molecule has 0 aromatic carbocycles. The summed E-state index contributed by atoms with van der Waals surface area (Å²) in [6.07, 6.45) is 15.8. The Balaban J connectivity index is 2.81. The van der Waals surface area contributed by atoms with Crippen molar-refractivity contribution in [3.05, 3.63) is 0 Å². The zero-order valence-electron chi connectivity index (χ0n) is 10.6. The molecule has 0 nitrogen and oxygen atoms in total. The minimum Gasteiger partial charge on any atom is -0.176 e. The van der Waals surface area contributed by atoms with Gasteiger partial charge in [0.05, 0.1) is 0 Å². The highest BCUT2D eigenvalue weighted by molar-refractivity contribution is 6.93. The molecule has 15 heavy (non-hydrogen) atoms. The third-order valence-corrected chi connectivity index (χ3v) is 4.56. The molecule has 0 atom stereocenters. The van der Waals surface area contributed by atoms with E-state index in [2.05, 4.69) is 6.92 Å². The smallest absolute Gasteiger partial charge is 0.125 e. The van der Waals surface area contributed by atoms with Gasteiger partial charge in [0, 0.05) is 0 Å². The van der Waals surface area contributed by atoms with Crippen molar-refractivity contribution in [1.29, 1.82) is 0 Å². The van der Waals surface area contributed by atoms with Crippen LogP contribution in [0.25, 0.3) is 0 Å². The Labute approximate surface area is 104 Å². The van der Waals surface area contributed by atoms with E-state index >= 15 is 0 Å². The molecule has 0 heterocycles. The molecule has 0 aliphatic carbocycles. The quantitative estimate of drug-likeness (QED) is 0.258. The predicted molar refractivity (Wildman–Crippen MR) is 75.7 cm³/mol. The molecule has 0 aromatic rings. The number of unbranched alkanes of at least 4 members (excludes halogenated alkanes) is 10. The fraction of sp³-hybridized carbons (Fsp3) is 1.00. The van der Waals surface area contributed by atoms with Crippen LogP contribution < -0.4 is 0 Å². The van der Waals surface area contributed by atoms with Gasteiger partial charge in [-0.3, -0.25) is 0 Å². The molecule has 0 N–H and O–H groups in total. The van der Waals surface area contributed by atoms with E-state index in [4.69, 9.17) is 11.1 Å². The van der Waals surface area contributed by atoms with Gasteiger partial charge >= 0.3 is 0 Å². The highest BCUT2D eigenvalue weighted by Gasteiger charge is 1.92. The summed E-state index contributed by atoms with van der Waals surface area (Å²) in [6.45, 7) is 2.28. The maximum atomic E-state index is 5.76. The van der Waals surface area contributed by atoms with Crippen molar-refractivity contribution in [3.63, 3.8) is 0 Å². The summed E-state index contributed by atoms with van der Waals surface area (Å²) < 4.78 is 0. The Bertz CT molecular complexity index is 94.7. The normalized spacial score (nSPS) is 11.6. The van der Waals surface area contributed by atoms with Crippen LogP contribution in [-0.4, -0.2) is 8.83 Å². The molecule has 0 bridgehead atoms. The van der Waals surface area contributed by atoms with Crippen molar-refractivity contribution in [2.24, 2.45) is 0 Å². The molecule has 92 valence electrons. The van der Waals surface area contributed by atoms with Crippen molar-refractivity contribution in [3.8, 4) is 0 Å². The van der Waals surface area contributed by atoms with Gasteiger partial charge in [0.25, 0.3) is 0 Å². The first-order valence-electron chi connectivity index (χ1n) is 6.97. The minimum absolute atomic E-state index is 0.170. The third kappa shape index (κ3) is 14.5. The molecule has 0 unspecified atom stereocenters. The maximum absolute atomic E-state index is 5.76. The molecule has 0 amide bonds. The summed E-state index contributed by atoms with van der Waals surface area (Å²) in [5, 5.41) is 0. The van der Waals surface area contributed by atoms with Gasteiger partial charge < -0.3 is 0 Å². The van der Waals surface area contributed by atoms with Crippen LogP contribution in [0.1, 0.15) is 77.6 Å². The Hall–Kier alpha value is 0.507. The second-order valence-corrected chi connectivity index (χ2v) is 6.80. The van der Waals surface area contributed by atoms with Crippen molar-refractivity contribution in [2.75, 3.05) is 0 Å². The third-order valence-electron chi connectivity index (χ3n) is 2.99. The zero-order chi connectivity index (χ0) is 11.2. The standard InChI is InChI=1S/C13H29ClSi/c1-2-3-4-5-6-7-8-9-10-11-12-13-15-14/h2-13,15H2,1H3. The molecule has 0 radical (unpaired) electrons. The highest BCUT2D eigenvalue weighted by Crippen LogP contribution is 2.11. The Morgan fingerprint density at radius 2 is 1.07 bits per heavy atom. The number of halogens is 1. The molecule has 0 saturated carbocycles. The van der Waals surface area contributed by atoms with Crippen LogP contribution in [0.15, 0.2) is 0 Å². The van der Waals surface area contributed by atoms with E-state index in [1.54, 1.807) is 0 Å². The molecule has 2 heteroatoms. The van der Waals surface area contributed by atoms with Gasteiger partial charge in [0.15, 0.2) is 0 Å². The van der Waals surface area contributed by atoms with Crippen molar-refractivity contribution >= 4 is 19.9 Å². The van der Waals surface area contributed by atoms with Gasteiger partial charge in [0.2, 0.25) is 0 Å². The lowest BCUT2D eigenvalue weighted by Crippen LogP contribution is -1.83. The summed E-state index contributed by atoms with van der Waals surface area (Å²) in [5.74, 6) is 0. The number of hydrogen-bond acceptors (Lipinski definition) is 0. The minimum atomic E-state index is -0.170. The molecule has 0 aliphatic heterocycles. The molecule has 0 spiro atoms. The van der Waals surface area contributed by atoms with E-state index in [0.717, 1.165) is 0 Å². The first-order valence-corrected chi connectivity index (χ1v) is 10.1. The van der Waals surface area contributed by atoms with E-state index in [1.807, 2.05) is 0 Å². The Morgan fingerprint density at radius 3 is 1.47 bits per heavy atom. The summed E-state index contributed by atoms with van der Waals surface area (Å²) >= 11 is 5.76. The van der Waals surface area contributed by atoms with E-state index in [9.17, 15) is 0 Å². The van der Waals surface area contributed by atoms with Crippen molar-refractivity contribution in [2.45, 2.75) is 83.6 Å². The Kier molecular flexibility index (Phi) is 15.0. The van der Waals surface area contributed by atoms with Crippen LogP contribution in [-0.2, 0) is 0 Å². The van der Waals surface area contributed by atoms with Crippen molar-refractivity contribution in [1.82, 2.24) is 0 Å². The lowest BCUT2D eigenvalue weighted by atomic mass is 10.1. The molecular formula is C13H29ClSi. The van der Waals surface area contributed by atoms with Gasteiger partial charge in [-0.15, -0.1) is 0 Å². The van der Waals surface area contributed by atoms with Gasteiger partial charge in [-0.1, -0.05) is 77.6 Å². The van der Waals surface area contributed by atoms with E-state index in [0.29, 0.717) is 0 Å². The van der Waals surface area contributed by atoms with Crippen LogP contribution in [0.5, 0.6) is 0 Å². The maximum Gasteiger partial charge on any atom is 0.125 e. The number of rotatable bonds is 12. The average Bonchev–Trinajstić information content (AvgIpc) is 2.26. The molecule has 0 fully saturated rings. The van der Waals surface area contributed by atoms with E-state index in [1.165, 1.54) is 76.7 Å². The van der Waals surface area contributed by atoms with E-state index in [-0.39, 0.29) is 8.83 Å².